The van der Waals surface area contributed by atoms with Gasteiger partial charge in [0.25, 0.3) is 0 Å². The molecule has 0 fully saturated rings. The van der Waals surface area contributed by atoms with Crippen molar-refractivity contribution in [3.8, 4) is 5.75 Å². The second-order valence-corrected chi connectivity index (χ2v) is 5.43. The second-order valence-electron chi connectivity index (χ2n) is 4.57. The third-order valence-corrected chi connectivity index (χ3v) is 3.91. The summed E-state index contributed by atoms with van der Waals surface area (Å²) in [5.41, 5.74) is 2.94. The van der Waals surface area contributed by atoms with Crippen LogP contribution in [0.2, 0.25) is 0 Å². The van der Waals surface area contributed by atoms with Crippen molar-refractivity contribution in [1.82, 2.24) is 0 Å². The number of hydrogen-bond acceptors (Lipinski definition) is 3. The van der Waals surface area contributed by atoms with Gasteiger partial charge in [-0.1, -0.05) is 34.1 Å². The fourth-order valence-corrected chi connectivity index (χ4v) is 2.41. The van der Waals surface area contributed by atoms with E-state index in [1.165, 1.54) is 0 Å². The number of nitrogens with one attached hydrogen (secondary N) is 1. The highest BCUT2D eigenvalue weighted by molar-refractivity contribution is 9.10. The Kier molecular flexibility index (Phi) is 5.04. The zero-order valence-corrected chi connectivity index (χ0v) is 13.1. The van der Waals surface area contributed by atoms with Gasteiger partial charge in [0.1, 0.15) is 5.75 Å². The summed E-state index contributed by atoms with van der Waals surface area (Å²) >= 11 is 3.54. The molecule has 0 bridgehead atoms. The van der Waals surface area contributed by atoms with Gasteiger partial charge >= 0.3 is 0 Å². The van der Waals surface area contributed by atoms with Crippen LogP contribution in [-0.2, 0) is 6.54 Å². The Bertz CT molecular complexity index is 584. The number of para-hydroxylation sites is 1. The summed E-state index contributed by atoms with van der Waals surface area (Å²) in [5, 5.41) is 13.1. The van der Waals surface area contributed by atoms with Gasteiger partial charge in [0.05, 0.1) is 13.2 Å². The molecule has 1 atom stereocenters. The predicted molar refractivity (Wildman–Crippen MR) is 85.1 cm³/mol. The number of aliphatic hydroxyl groups excluding tert-OH is 1. The molecule has 2 aromatic carbocycles. The molecule has 2 aromatic rings. The van der Waals surface area contributed by atoms with Crippen LogP contribution >= 0.6 is 15.9 Å². The zero-order chi connectivity index (χ0) is 14.5. The maximum absolute atomic E-state index is 9.77. The number of aliphatic hydroxyl groups is 1. The predicted octanol–water partition coefficient (Wildman–Crippen LogP) is 4.12. The average Bonchev–Trinajstić information content (AvgIpc) is 2.46. The number of methoxy groups -OCH3 is 1. The zero-order valence-electron chi connectivity index (χ0n) is 11.6. The number of anilines is 1. The quantitative estimate of drug-likeness (QED) is 0.863. The Morgan fingerprint density at radius 1 is 1.25 bits per heavy atom. The molecular weight excluding hydrogens is 318 g/mol. The van der Waals surface area contributed by atoms with Gasteiger partial charge in [-0.2, -0.15) is 0 Å². The molecule has 0 aliphatic heterocycles. The second kappa shape index (κ2) is 6.77. The van der Waals surface area contributed by atoms with E-state index in [4.69, 9.17) is 4.74 Å². The number of rotatable bonds is 5. The molecule has 1 unspecified atom stereocenters. The van der Waals surface area contributed by atoms with Gasteiger partial charge in [-0.05, 0) is 36.8 Å². The maximum Gasteiger partial charge on any atom is 0.119 e. The topological polar surface area (TPSA) is 41.5 Å². The van der Waals surface area contributed by atoms with E-state index in [-0.39, 0.29) is 0 Å². The van der Waals surface area contributed by atoms with E-state index < -0.39 is 6.10 Å². The maximum atomic E-state index is 9.77. The van der Waals surface area contributed by atoms with Crippen molar-refractivity contribution in [1.29, 1.82) is 0 Å². The smallest absolute Gasteiger partial charge is 0.119 e. The van der Waals surface area contributed by atoms with Crippen molar-refractivity contribution in [2.24, 2.45) is 0 Å². The number of hydrogen-bond donors (Lipinski definition) is 2. The molecule has 106 valence electrons. The molecule has 0 radical (unpaired) electrons. The van der Waals surface area contributed by atoms with Gasteiger partial charge in [-0.25, -0.2) is 0 Å². The van der Waals surface area contributed by atoms with Gasteiger partial charge in [-0.15, -0.1) is 0 Å². The first-order chi connectivity index (χ1) is 9.61. The van der Waals surface area contributed by atoms with Crippen LogP contribution < -0.4 is 10.1 Å². The van der Waals surface area contributed by atoms with Crippen LogP contribution in [0.4, 0.5) is 5.69 Å². The summed E-state index contributed by atoms with van der Waals surface area (Å²) in [6.45, 7) is 2.42. The van der Waals surface area contributed by atoms with Crippen molar-refractivity contribution >= 4 is 21.6 Å². The Morgan fingerprint density at radius 2 is 2.00 bits per heavy atom. The lowest BCUT2D eigenvalue weighted by atomic mass is 10.1. The monoisotopic (exact) mass is 335 g/mol. The molecule has 0 saturated carbocycles. The van der Waals surface area contributed by atoms with Crippen LogP contribution in [0.15, 0.2) is 46.9 Å². The molecule has 0 aliphatic carbocycles. The molecule has 20 heavy (non-hydrogen) atoms. The van der Waals surface area contributed by atoms with E-state index >= 15 is 0 Å². The number of ether oxygens (including phenoxy) is 1. The number of halogens is 1. The fourth-order valence-electron chi connectivity index (χ4n) is 2.03. The molecule has 0 aromatic heterocycles. The SMILES string of the molecule is COc1ccc(Br)c(CNc2ccccc2C(C)O)c1. The summed E-state index contributed by atoms with van der Waals surface area (Å²) in [6.07, 6.45) is -0.493. The molecule has 2 rings (SSSR count). The Balaban J connectivity index is 2.17. The average molecular weight is 336 g/mol. The molecule has 0 saturated heterocycles. The summed E-state index contributed by atoms with van der Waals surface area (Å²) in [4.78, 5) is 0. The summed E-state index contributed by atoms with van der Waals surface area (Å²) in [7, 11) is 1.66. The van der Waals surface area contributed by atoms with Crippen LogP contribution in [0.5, 0.6) is 5.75 Å². The molecule has 0 aliphatic rings. The van der Waals surface area contributed by atoms with Crippen LogP contribution in [-0.4, -0.2) is 12.2 Å². The highest BCUT2D eigenvalue weighted by atomic mass is 79.9. The molecular formula is C16H18BrNO2. The molecule has 3 nitrogen and oxygen atoms in total. The Hall–Kier alpha value is -1.52. The standard InChI is InChI=1S/C16H18BrNO2/c1-11(19)14-5-3-4-6-16(14)18-10-12-9-13(20-2)7-8-15(12)17/h3-9,11,18-19H,10H2,1-2H3. The Labute approximate surface area is 127 Å². The van der Waals surface area contributed by atoms with Crippen LogP contribution in [0, 0.1) is 0 Å². The highest BCUT2D eigenvalue weighted by Crippen LogP contribution is 2.26. The van der Waals surface area contributed by atoms with Gasteiger partial charge in [-0.3, -0.25) is 0 Å². The lowest BCUT2D eigenvalue weighted by Crippen LogP contribution is -2.05. The number of benzene rings is 2. The van der Waals surface area contributed by atoms with E-state index in [2.05, 4.69) is 21.2 Å². The van der Waals surface area contributed by atoms with Crippen LogP contribution in [0.3, 0.4) is 0 Å². The Morgan fingerprint density at radius 3 is 2.70 bits per heavy atom. The lowest BCUT2D eigenvalue weighted by molar-refractivity contribution is 0.200. The van der Waals surface area contributed by atoms with Crippen molar-refractivity contribution in [2.45, 2.75) is 19.6 Å². The molecule has 0 heterocycles. The van der Waals surface area contributed by atoms with Crippen molar-refractivity contribution in [2.75, 3.05) is 12.4 Å². The molecule has 0 amide bonds. The minimum absolute atomic E-state index is 0.493. The van der Waals surface area contributed by atoms with Crippen LogP contribution in [0.25, 0.3) is 0 Å². The minimum Gasteiger partial charge on any atom is -0.497 e. The third kappa shape index (κ3) is 3.52. The fraction of sp³-hybridized carbons (Fsp3) is 0.250. The van der Waals surface area contributed by atoms with E-state index in [1.807, 2.05) is 42.5 Å². The van der Waals surface area contributed by atoms with Crippen molar-refractivity contribution in [3.05, 3.63) is 58.1 Å². The molecule has 4 heteroatoms. The van der Waals surface area contributed by atoms with Gasteiger partial charge in [0, 0.05) is 22.3 Å². The van der Waals surface area contributed by atoms with E-state index in [9.17, 15) is 5.11 Å². The third-order valence-electron chi connectivity index (χ3n) is 3.13. The minimum atomic E-state index is -0.493. The van der Waals surface area contributed by atoms with E-state index in [0.717, 1.165) is 27.0 Å². The van der Waals surface area contributed by atoms with Gasteiger partial charge < -0.3 is 15.2 Å². The first-order valence-corrected chi connectivity index (χ1v) is 7.24. The summed E-state index contributed by atoms with van der Waals surface area (Å²) in [5.74, 6) is 0.828. The van der Waals surface area contributed by atoms with Gasteiger partial charge in [0.2, 0.25) is 0 Å². The summed E-state index contributed by atoms with van der Waals surface area (Å²) in [6, 6.07) is 13.6. The summed E-state index contributed by atoms with van der Waals surface area (Å²) < 4.78 is 6.26. The van der Waals surface area contributed by atoms with E-state index in [0.29, 0.717) is 6.54 Å². The lowest BCUT2D eigenvalue weighted by Gasteiger charge is -2.15. The van der Waals surface area contributed by atoms with Crippen molar-refractivity contribution in [3.63, 3.8) is 0 Å². The van der Waals surface area contributed by atoms with Crippen LogP contribution in [0.1, 0.15) is 24.2 Å². The normalized spacial score (nSPS) is 12.0. The van der Waals surface area contributed by atoms with Crippen molar-refractivity contribution < 1.29 is 9.84 Å². The first kappa shape index (κ1) is 14.9. The van der Waals surface area contributed by atoms with Gasteiger partial charge in [0.15, 0.2) is 0 Å². The van der Waals surface area contributed by atoms with E-state index in [1.54, 1.807) is 14.0 Å². The largest absolute Gasteiger partial charge is 0.497 e. The molecule has 2 N–H and O–H groups in total. The highest BCUT2D eigenvalue weighted by Gasteiger charge is 2.08. The molecule has 0 spiro atoms. The first-order valence-electron chi connectivity index (χ1n) is 6.45.